The number of hydrogen-bond acceptors (Lipinski definition) is 4. The lowest BCUT2D eigenvalue weighted by atomic mass is 10.1. The van der Waals surface area contributed by atoms with Gasteiger partial charge in [0.2, 0.25) is 0 Å². The van der Waals surface area contributed by atoms with E-state index in [1.165, 1.54) is 0 Å². The molecule has 1 saturated heterocycles. The molecule has 1 heterocycles. The number of aliphatic hydroxyl groups is 1. The number of aliphatic carboxylic acids is 1. The number of hydrogen-bond donors (Lipinski definition) is 4. The molecule has 0 bridgehead atoms. The number of amides is 2. The summed E-state index contributed by atoms with van der Waals surface area (Å²) < 4.78 is 0.0486. The Morgan fingerprint density at radius 2 is 2.22 bits per heavy atom. The topological polar surface area (TPSA) is 98.7 Å². The summed E-state index contributed by atoms with van der Waals surface area (Å²) in [5.74, 6) is -0.0390. The second-order valence-electron chi connectivity index (χ2n) is 4.63. The molecule has 0 spiro atoms. The summed E-state index contributed by atoms with van der Waals surface area (Å²) in [6.45, 7) is 2.34. The van der Waals surface area contributed by atoms with E-state index < -0.39 is 18.0 Å². The zero-order valence-electron chi connectivity index (χ0n) is 10.4. The van der Waals surface area contributed by atoms with E-state index in [0.717, 1.165) is 18.6 Å². The summed E-state index contributed by atoms with van der Waals surface area (Å²) in [5, 5.41) is 22.6. The van der Waals surface area contributed by atoms with E-state index in [1.54, 1.807) is 0 Å². The quantitative estimate of drug-likeness (QED) is 0.563. The van der Waals surface area contributed by atoms with Crippen molar-refractivity contribution in [2.24, 2.45) is 0 Å². The van der Waals surface area contributed by atoms with Crippen LogP contribution in [0.25, 0.3) is 0 Å². The van der Waals surface area contributed by atoms with Crippen molar-refractivity contribution in [3.63, 3.8) is 0 Å². The highest BCUT2D eigenvalue weighted by Crippen LogP contribution is 2.36. The maximum atomic E-state index is 11.6. The Bertz CT molecular complexity index is 305. The molecule has 2 atom stereocenters. The standard InChI is InChI=1S/C11H20N2O4S/c1-11(4-2-6-18-11)7-12-10(17)13-8(3-5-14)9(15)16/h8,14H,2-7H2,1H3,(H,15,16)(H2,12,13,17)/t8-,11?/m1/s1. The predicted octanol–water partition coefficient (Wildman–Crippen LogP) is 0.407. The van der Waals surface area contributed by atoms with Gasteiger partial charge in [0.25, 0.3) is 0 Å². The van der Waals surface area contributed by atoms with Crippen LogP contribution in [0.4, 0.5) is 4.79 Å². The average Bonchev–Trinajstić information content (AvgIpc) is 2.73. The zero-order valence-corrected chi connectivity index (χ0v) is 11.3. The normalized spacial score (nSPS) is 24.6. The Kier molecular flexibility index (Phi) is 5.74. The number of carbonyl (C=O) groups is 2. The third-order valence-electron chi connectivity index (χ3n) is 2.94. The molecule has 1 rings (SSSR count). The molecule has 0 aromatic heterocycles. The Balaban J connectivity index is 2.33. The maximum Gasteiger partial charge on any atom is 0.326 e. The Hall–Kier alpha value is -0.950. The van der Waals surface area contributed by atoms with Crippen molar-refractivity contribution in [1.82, 2.24) is 10.6 Å². The molecule has 0 aromatic carbocycles. The maximum absolute atomic E-state index is 11.6. The van der Waals surface area contributed by atoms with Crippen LogP contribution in [0.1, 0.15) is 26.2 Å². The molecule has 1 aliphatic rings. The molecule has 1 fully saturated rings. The van der Waals surface area contributed by atoms with Gasteiger partial charge in [0.05, 0.1) is 0 Å². The van der Waals surface area contributed by atoms with E-state index in [0.29, 0.717) is 6.54 Å². The number of rotatable bonds is 6. The van der Waals surface area contributed by atoms with Gasteiger partial charge in [-0.15, -0.1) is 0 Å². The van der Waals surface area contributed by atoms with E-state index in [-0.39, 0.29) is 17.8 Å². The molecule has 1 unspecified atom stereocenters. The molecule has 18 heavy (non-hydrogen) atoms. The average molecular weight is 276 g/mol. The van der Waals surface area contributed by atoms with E-state index in [4.69, 9.17) is 10.2 Å². The van der Waals surface area contributed by atoms with Gasteiger partial charge in [-0.05, 0) is 25.5 Å². The van der Waals surface area contributed by atoms with Gasteiger partial charge in [-0.2, -0.15) is 11.8 Å². The third-order valence-corrected chi connectivity index (χ3v) is 4.48. The SMILES string of the molecule is CC1(CNC(=O)N[C@H](CCO)C(=O)O)CCCS1. The Morgan fingerprint density at radius 1 is 1.50 bits per heavy atom. The summed E-state index contributed by atoms with van der Waals surface area (Å²) in [6, 6.07) is -1.54. The van der Waals surface area contributed by atoms with Crippen molar-refractivity contribution in [3.05, 3.63) is 0 Å². The van der Waals surface area contributed by atoms with Gasteiger partial charge in [-0.1, -0.05) is 0 Å². The molecule has 104 valence electrons. The van der Waals surface area contributed by atoms with Gasteiger partial charge in [-0.3, -0.25) is 0 Å². The predicted molar refractivity (Wildman–Crippen MR) is 69.8 cm³/mol. The Labute approximate surface area is 111 Å². The minimum Gasteiger partial charge on any atom is -0.480 e. The summed E-state index contributed by atoms with van der Waals surface area (Å²) >= 11 is 1.82. The zero-order chi connectivity index (χ0) is 13.6. The van der Waals surface area contributed by atoms with Gasteiger partial charge in [0, 0.05) is 24.3 Å². The van der Waals surface area contributed by atoms with E-state index in [1.807, 2.05) is 11.8 Å². The number of carbonyl (C=O) groups excluding carboxylic acids is 1. The van der Waals surface area contributed by atoms with Crippen LogP contribution in [0.5, 0.6) is 0 Å². The van der Waals surface area contributed by atoms with Crippen LogP contribution in [-0.4, -0.2) is 51.9 Å². The smallest absolute Gasteiger partial charge is 0.326 e. The van der Waals surface area contributed by atoms with Crippen molar-refractivity contribution < 1.29 is 19.8 Å². The highest BCUT2D eigenvalue weighted by atomic mass is 32.2. The lowest BCUT2D eigenvalue weighted by molar-refractivity contribution is -0.139. The van der Waals surface area contributed by atoms with Crippen molar-refractivity contribution in [2.45, 2.75) is 37.0 Å². The summed E-state index contributed by atoms with van der Waals surface area (Å²) in [5.41, 5.74) is 0. The van der Waals surface area contributed by atoms with Crippen LogP contribution < -0.4 is 10.6 Å². The molecule has 6 nitrogen and oxygen atoms in total. The molecular formula is C11H20N2O4S. The molecule has 2 amide bonds. The first kappa shape index (κ1) is 15.1. The van der Waals surface area contributed by atoms with Crippen molar-refractivity contribution >= 4 is 23.8 Å². The fourth-order valence-corrected chi connectivity index (χ4v) is 3.08. The molecule has 0 aliphatic carbocycles. The minimum absolute atomic E-state index is 0.00870. The van der Waals surface area contributed by atoms with Crippen LogP contribution in [0, 0.1) is 0 Å². The van der Waals surface area contributed by atoms with Crippen molar-refractivity contribution in [1.29, 1.82) is 0 Å². The van der Waals surface area contributed by atoms with Gasteiger partial charge in [-0.25, -0.2) is 9.59 Å². The van der Waals surface area contributed by atoms with Crippen LogP contribution in [0.15, 0.2) is 0 Å². The molecule has 1 aliphatic heterocycles. The molecule has 7 heteroatoms. The number of urea groups is 1. The summed E-state index contributed by atoms with van der Waals surface area (Å²) in [6.07, 6.45) is 2.21. The largest absolute Gasteiger partial charge is 0.480 e. The van der Waals surface area contributed by atoms with Crippen LogP contribution in [-0.2, 0) is 4.79 Å². The first-order chi connectivity index (χ1) is 8.47. The van der Waals surface area contributed by atoms with Crippen LogP contribution in [0.2, 0.25) is 0 Å². The fourth-order valence-electron chi connectivity index (χ4n) is 1.84. The molecule has 4 N–H and O–H groups in total. The van der Waals surface area contributed by atoms with Gasteiger partial charge < -0.3 is 20.8 Å². The number of aliphatic hydroxyl groups excluding tert-OH is 1. The lowest BCUT2D eigenvalue weighted by Crippen LogP contribution is -2.49. The highest BCUT2D eigenvalue weighted by molar-refractivity contribution is 8.00. The lowest BCUT2D eigenvalue weighted by Gasteiger charge is -2.23. The first-order valence-electron chi connectivity index (χ1n) is 5.99. The van der Waals surface area contributed by atoms with Crippen molar-refractivity contribution in [3.8, 4) is 0 Å². The monoisotopic (exact) mass is 276 g/mol. The molecule has 0 saturated carbocycles. The number of nitrogens with one attached hydrogen (secondary N) is 2. The molecule has 0 aromatic rings. The second kappa shape index (κ2) is 6.84. The second-order valence-corrected chi connectivity index (χ2v) is 6.31. The van der Waals surface area contributed by atoms with E-state index in [9.17, 15) is 9.59 Å². The van der Waals surface area contributed by atoms with Gasteiger partial charge >= 0.3 is 12.0 Å². The number of carboxylic acid groups (broad SMARTS) is 1. The minimum atomic E-state index is -1.14. The Morgan fingerprint density at radius 3 is 2.72 bits per heavy atom. The van der Waals surface area contributed by atoms with Gasteiger partial charge in [0.1, 0.15) is 6.04 Å². The first-order valence-corrected chi connectivity index (χ1v) is 6.97. The van der Waals surface area contributed by atoms with Crippen LogP contribution >= 0.6 is 11.8 Å². The van der Waals surface area contributed by atoms with Crippen LogP contribution in [0.3, 0.4) is 0 Å². The molecule has 0 radical (unpaired) electrons. The summed E-state index contributed by atoms with van der Waals surface area (Å²) in [4.78, 5) is 22.3. The summed E-state index contributed by atoms with van der Waals surface area (Å²) in [7, 11) is 0. The fraction of sp³-hybridized carbons (Fsp3) is 0.818. The number of thioether (sulfide) groups is 1. The van der Waals surface area contributed by atoms with E-state index in [2.05, 4.69) is 17.6 Å². The van der Waals surface area contributed by atoms with Gasteiger partial charge in [0.15, 0.2) is 0 Å². The highest BCUT2D eigenvalue weighted by Gasteiger charge is 2.30. The third kappa shape index (κ3) is 4.73. The van der Waals surface area contributed by atoms with Crippen molar-refractivity contribution in [2.75, 3.05) is 18.9 Å². The molecular weight excluding hydrogens is 256 g/mol. The van der Waals surface area contributed by atoms with E-state index >= 15 is 0 Å². The number of carboxylic acids is 1.